The number of hydrogen-bond acceptors (Lipinski definition) is 6. The number of para-hydroxylation sites is 1. The van der Waals surface area contributed by atoms with Gasteiger partial charge in [-0.25, -0.2) is 0 Å². The van der Waals surface area contributed by atoms with Gasteiger partial charge in [0.1, 0.15) is 5.75 Å². The van der Waals surface area contributed by atoms with Crippen molar-refractivity contribution >= 4 is 22.7 Å². The number of hydrogen-bond donors (Lipinski definition) is 1. The number of ether oxygens (including phenoxy) is 2. The number of carbonyl (C=O) groups is 2. The molecule has 0 bridgehead atoms. The summed E-state index contributed by atoms with van der Waals surface area (Å²) in [6.45, 7) is 3.90. The third-order valence-electron chi connectivity index (χ3n) is 6.73. The Morgan fingerprint density at radius 1 is 1.11 bits per heavy atom. The number of aliphatic hydroxyl groups excluding tert-OH is 1. The SMILES string of the molecule is COc1cccc2cc(C(=O)C3=C(O)C(=O)N(C4CCCC4)C3c3ccc(OC(C)C)cc3)oc12. The highest BCUT2D eigenvalue weighted by Crippen LogP contribution is 2.44. The Labute approximate surface area is 203 Å². The summed E-state index contributed by atoms with van der Waals surface area (Å²) < 4.78 is 17.0. The molecule has 1 aliphatic carbocycles. The Morgan fingerprint density at radius 2 is 1.83 bits per heavy atom. The highest BCUT2D eigenvalue weighted by molar-refractivity contribution is 6.16. The van der Waals surface area contributed by atoms with E-state index in [0.29, 0.717) is 22.5 Å². The van der Waals surface area contributed by atoms with Gasteiger partial charge in [0.05, 0.1) is 24.8 Å². The molecule has 3 aromatic rings. The van der Waals surface area contributed by atoms with Gasteiger partial charge in [-0.3, -0.25) is 9.59 Å². The smallest absolute Gasteiger partial charge is 0.290 e. The first-order chi connectivity index (χ1) is 16.9. The van der Waals surface area contributed by atoms with Crippen molar-refractivity contribution in [1.82, 2.24) is 4.90 Å². The zero-order valence-electron chi connectivity index (χ0n) is 20.1. The maximum absolute atomic E-state index is 13.8. The molecule has 7 heteroatoms. The van der Waals surface area contributed by atoms with Gasteiger partial charge >= 0.3 is 0 Å². The minimum Gasteiger partial charge on any atom is -0.503 e. The molecule has 182 valence electrons. The fourth-order valence-corrected chi connectivity index (χ4v) is 5.18. The van der Waals surface area contributed by atoms with Crippen LogP contribution in [0.4, 0.5) is 0 Å². The van der Waals surface area contributed by atoms with E-state index in [-0.39, 0.29) is 23.5 Å². The molecule has 35 heavy (non-hydrogen) atoms. The largest absolute Gasteiger partial charge is 0.503 e. The molecule has 1 unspecified atom stereocenters. The quantitative estimate of drug-likeness (QED) is 0.438. The number of carbonyl (C=O) groups excluding carboxylic acids is 2. The second-order valence-electron chi connectivity index (χ2n) is 9.37. The molecule has 2 aromatic carbocycles. The topological polar surface area (TPSA) is 89.2 Å². The first-order valence-electron chi connectivity index (χ1n) is 12.0. The molecule has 1 N–H and O–H groups in total. The minimum atomic E-state index is -0.707. The van der Waals surface area contributed by atoms with Crippen LogP contribution in [0, 0.1) is 0 Å². The van der Waals surface area contributed by atoms with Gasteiger partial charge in [-0.1, -0.05) is 37.1 Å². The van der Waals surface area contributed by atoms with Crippen molar-refractivity contribution in [3.8, 4) is 11.5 Å². The second kappa shape index (κ2) is 9.13. The number of amides is 1. The molecular formula is C28H29NO6. The van der Waals surface area contributed by atoms with Crippen molar-refractivity contribution in [3.05, 3.63) is 71.2 Å². The molecule has 1 aromatic heterocycles. The van der Waals surface area contributed by atoms with E-state index in [0.717, 1.165) is 31.2 Å². The van der Waals surface area contributed by atoms with Gasteiger partial charge in [-0.05, 0) is 56.5 Å². The Bertz CT molecular complexity index is 1300. The lowest BCUT2D eigenvalue weighted by molar-refractivity contribution is -0.131. The summed E-state index contributed by atoms with van der Waals surface area (Å²) in [4.78, 5) is 28.7. The molecule has 1 fully saturated rings. The molecule has 0 radical (unpaired) electrons. The fraction of sp³-hybridized carbons (Fsp3) is 0.357. The second-order valence-corrected chi connectivity index (χ2v) is 9.37. The van der Waals surface area contributed by atoms with Crippen LogP contribution in [0.15, 0.2) is 64.3 Å². The summed E-state index contributed by atoms with van der Waals surface area (Å²) in [5.41, 5.74) is 1.22. The van der Waals surface area contributed by atoms with Crippen LogP contribution in [-0.2, 0) is 4.79 Å². The van der Waals surface area contributed by atoms with Gasteiger partial charge < -0.3 is 23.9 Å². The lowest BCUT2D eigenvalue weighted by Crippen LogP contribution is -2.38. The first-order valence-corrected chi connectivity index (χ1v) is 12.0. The molecule has 1 saturated carbocycles. The normalized spacial score (nSPS) is 18.8. The summed E-state index contributed by atoms with van der Waals surface area (Å²) in [6.07, 6.45) is 3.72. The lowest BCUT2D eigenvalue weighted by Gasteiger charge is -2.32. The van der Waals surface area contributed by atoms with Crippen molar-refractivity contribution in [2.45, 2.75) is 57.7 Å². The van der Waals surface area contributed by atoms with Crippen molar-refractivity contribution < 1.29 is 28.6 Å². The van der Waals surface area contributed by atoms with Gasteiger partial charge in [0.2, 0.25) is 5.78 Å². The third kappa shape index (κ3) is 4.05. The number of Topliss-reactive ketones (excluding diaryl/α,β-unsaturated/α-hetero) is 1. The zero-order chi connectivity index (χ0) is 24.7. The van der Waals surface area contributed by atoms with E-state index in [1.807, 2.05) is 50.2 Å². The van der Waals surface area contributed by atoms with Crippen LogP contribution in [0.5, 0.6) is 11.5 Å². The molecule has 0 saturated heterocycles. The Kier molecular flexibility index (Phi) is 6.01. The number of fused-ring (bicyclic) bond motifs is 1. The molecular weight excluding hydrogens is 446 g/mol. The van der Waals surface area contributed by atoms with E-state index in [1.54, 1.807) is 17.0 Å². The van der Waals surface area contributed by atoms with Crippen LogP contribution in [0.3, 0.4) is 0 Å². The Morgan fingerprint density at radius 3 is 2.49 bits per heavy atom. The summed E-state index contributed by atoms with van der Waals surface area (Å²) in [7, 11) is 1.53. The van der Waals surface area contributed by atoms with Crippen LogP contribution in [0.2, 0.25) is 0 Å². The van der Waals surface area contributed by atoms with E-state index in [2.05, 4.69) is 0 Å². The van der Waals surface area contributed by atoms with E-state index in [1.165, 1.54) is 7.11 Å². The summed E-state index contributed by atoms with van der Waals surface area (Å²) >= 11 is 0. The van der Waals surface area contributed by atoms with Gasteiger partial charge in [-0.15, -0.1) is 0 Å². The number of rotatable bonds is 7. The molecule has 1 amide bonds. The lowest BCUT2D eigenvalue weighted by atomic mass is 9.94. The summed E-state index contributed by atoms with van der Waals surface area (Å²) in [5, 5.41) is 11.7. The molecule has 2 heterocycles. The number of furan rings is 1. The predicted octanol–water partition coefficient (Wildman–Crippen LogP) is 5.75. The highest BCUT2D eigenvalue weighted by atomic mass is 16.5. The van der Waals surface area contributed by atoms with Gasteiger partial charge in [0, 0.05) is 11.4 Å². The average molecular weight is 476 g/mol. The Balaban J connectivity index is 1.58. The van der Waals surface area contributed by atoms with Crippen LogP contribution >= 0.6 is 0 Å². The van der Waals surface area contributed by atoms with E-state index >= 15 is 0 Å². The third-order valence-corrected chi connectivity index (χ3v) is 6.73. The highest BCUT2D eigenvalue weighted by Gasteiger charge is 2.47. The molecule has 5 rings (SSSR count). The standard InChI is InChI=1S/C28H29NO6/c1-16(2)34-20-13-11-17(12-14-20)24-23(26(31)28(32)29(24)19-8-4-5-9-19)25(30)22-15-18-7-6-10-21(33-3)27(18)35-22/h6-7,10-16,19,24,31H,4-5,8-9H2,1-3H3. The Hall–Kier alpha value is -3.74. The van der Waals surface area contributed by atoms with Crippen molar-refractivity contribution in [3.63, 3.8) is 0 Å². The van der Waals surface area contributed by atoms with Crippen LogP contribution in [-0.4, -0.2) is 41.0 Å². The van der Waals surface area contributed by atoms with Crippen LogP contribution in [0.1, 0.15) is 61.7 Å². The monoisotopic (exact) mass is 475 g/mol. The molecule has 2 aliphatic rings. The molecule has 0 spiro atoms. The van der Waals surface area contributed by atoms with Gasteiger partial charge in [0.25, 0.3) is 5.91 Å². The average Bonchev–Trinajstić information content (AvgIpc) is 3.57. The van der Waals surface area contributed by atoms with Crippen molar-refractivity contribution in [2.24, 2.45) is 0 Å². The maximum Gasteiger partial charge on any atom is 0.290 e. The van der Waals surface area contributed by atoms with Crippen LogP contribution < -0.4 is 9.47 Å². The van der Waals surface area contributed by atoms with E-state index < -0.39 is 23.5 Å². The maximum atomic E-state index is 13.8. The minimum absolute atomic E-state index is 0.0232. The number of nitrogens with zero attached hydrogens (tertiary/aromatic N) is 1. The molecule has 1 aliphatic heterocycles. The van der Waals surface area contributed by atoms with Crippen LogP contribution in [0.25, 0.3) is 11.0 Å². The molecule has 1 atom stereocenters. The van der Waals surface area contributed by atoms with Crippen molar-refractivity contribution in [2.75, 3.05) is 7.11 Å². The first kappa shape index (κ1) is 23.0. The number of methoxy groups -OCH3 is 1. The zero-order valence-corrected chi connectivity index (χ0v) is 20.1. The number of aliphatic hydroxyl groups is 1. The van der Waals surface area contributed by atoms with Gasteiger partial charge in [-0.2, -0.15) is 0 Å². The van der Waals surface area contributed by atoms with E-state index in [9.17, 15) is 14.7 Å². The molecule has 7 nitrogen and oxygen atoms in total. The van der Waals surface area contributed by atoms with Crippen molar-refractivity contribution in [1.29, 1.82) is 0 Å². The number of benzene rings is 2. The van der Waals surface area contributed by atoms with E-state index in [4.69, 9.17) is 13.9 Å². The summed E-state index contributed by atoms with van der Waals surface area (Å²) in [6, 6.07) is 13.6. The van der Waals surface area contributed by atoms with Gasteiger partial charge in [0.15, 0.2) is 22.9 Å². The predicted molar refractivity (Wildman–Crippen MR) is 131 cm³/mol. The number of ketones is 1. The fourth-order valence-electron chi connectivity index (χ4n) is 5.18. The summed E-state index contributed by atoms with van der Waals surface area (Å²) in [5.74, 6) is -0.277.